The van der Waals surface area contributed by atoms with E-state index < -0.39 is 5.91 Å². The van der Waals surface area contributed by atoms with E-state index in [0.717, 1.165) is 30.0 Å². The van der Waals surface area contributed by atoms with Gasteiger partial charge in [-0.15, -0.1) is 11.3 Å². The Labute approximate surface area is 148 Å². The summed E-state index contributed by atoms with van der Waals surface area (Å²) < 4.78 is 1.86. The number of hydrogen-bond donors (Lipinski definition) is 2. The first-order valence-electron chi connectivity index (χ1n) is 7.80. The third-order valence-electron chi connectivity index (χ3n) is 4.12. The highest BCUT2D eigenvalue weighted by Gasteiger charge is 2.27. The lowest BCUT2D eigenvalue weighted by molar-refractivity contribution is -0.113. The topological polar surface area (TPSA) is 90.0 Å². The number of rotatable bonds is 5. The number of nitrogens with two attached hydrogens (primary N) is 1. The van der Waals surface area contributed by atoms with Crippen LogP contribution in [0, 0.1) is 5.92 Å². The third-order valence-corrected chi connectivity index (χ3v) is 6.35. The molecule has 2 amide bonds. The van der Waals surface area contributed by atoms with Crippen molar-refractivity contribution in [2.24, 2.45) is 18.7 Å². The van der Waals surface area contributed by atoms with Crippen molar-refractivity contribution < 1.29 is 9.59 Å². The molecule has 0 aliphatic heterocycles. The van der Waals surface area contributed by atoms with Crippen LogP contribution in [0.15, 0.2) is 17.6 Å². The first kappa shape index (κ1) is 17.0. The number of thioether (sulfide) groups is 1. The Morgan fingerprint density at radius 1 is 1.54 bits per heavy atom. The number of nitrogens with zero attached hydrogens (tertiary/aromatic N) is 2. The second-order valence-corrected chi connectivity index (χ2v) is 8.13. The minimum Gasteiger partial charge on any atom is -0.365 e. The van der Waals surface area contributed by atoms with Crippen LogP contribution in [0.1, 0.15) is 34.1 Å². The van der Waals surface area contributed by atoms with E-state index in [1.165, 1.54) is 28.0 Å². The molecule has 8 heteroatoms. The Bertz CT molecular complexity index is 781. The molecule has 128 valence electrons. The van der Waals surface area contributed by atoms with Crippen molar-refractivity contribution in [1.29, 1.82) is 0 Å². The number of carbonyl (C=O) groups excluding carboxylic acids is 2. The third kappa shape index (κ3) is 3.49. The van der Waals surface area contributed by atoms with Crippen molar-refractivity contribution in [3.05, 3.63) is 28.4 Å². The maximum Gasteiger partial charge on any atom is 0.251 e. The molecule has 0 saturated heterocycles. The Balaban J connectivity index is 1.73. The number of thiophene rings is 1. The number of nitrogens with one attached hydrogen (secondary N) is 1. The van der Waals surface area contributed by atoms with Crippen molar-refractivity contribution in [3.63, 3.8) is 0 Å². The van der Waals surface area contributed by atoms with Crippen LogP contribution in [0.5, 0.6) is 0 Å². The molecule has 0 radical (unpaired) electrons. The van der Waals surface area contributed by atoms with E-state index >= 15 is 0 Å². The molecule has 2 aromatic heterocycles. The van der Waals surface area contributed by atoms with E-state index in [2.05, 4.69) is 17.2 Å². The lowest BCUT2D eigenvalue weighted by Gasteiger charge is -2.18. The molecule has 0 fully saturated rings. The molecule has 3 rings (SSSR count). The smallest absolute Gasteiger partial charge is 0.251 e. The Kier molecular flexibility index (Phi) is 4.96. The van der Waals surface area contributed by atoms with Crippen LogP contribution in [0.4, 0.5) is 5.00 Å². The monoisotopic (exact) mass is 364 g/mol. The highest BCUT2D eigenvalue weighted by Crippen LogP contribution is 2.39. The summed E-state index contributed by atoms with van der Waals surface area (Å²) in [5.74, 6) is 0.216. The number of aryl methyl sites for hydroxylation is 1. The number of primary amides is 1. The van der Waals surface area contributed by atoms with Gasteiger partial charge in [0.05, 0.1) is 11.3 Å². The first-order chi connectivity index (χ1) is 11.5. The van der Waals surface area contributed by atoms with Gasteiger partial charge < -0.3 is 15.6 Å². The van der Waals surface area contributed by atoms with Gasteiger partial charge in [-0.25, -0.2) is 4.98 Å². The van der Waals surface area contributed by atoms with Crippen molar-refractivity contribution in [3.8, 4) is 0 Å². The summed E-state index contributed by atoms with van der Waals surface area (Å²) in [6.45, 7) is 2.20. The van der Waals surface area contributed by atoms with Crippen molar-refractivity contribution in [1.82, 2.24) is 9.55 Å². The predicted octanol–water partition coefficient (Wildman–Crippen LogP) is 2.44. The molecule has 0 aromatic carbocycles. The highest BCUT2D eigenvalue weighted by atomic mass is 32.2. The molecule has 1 aliphatic carbocycles. The van der Waals surface area contributed by atoms with Crippen molar-refractivity contribution in [2.45, 2.75) is 31.3 Å². The van der Waals surface area contributed by atoms with Crippen LogP contribution >= 0.6 is 23.1 Å². The number of anilines is 1. The standard InChI is InChI=1S/C16H20N4O2S2/c1-9-3-4-10-11(7-9)24-15(13(10)14(17)22)19-12(21)8-23-16-18-5-6-20(16)2/h5-6,9H,3-4,7-8H2,1-2H3,(H2,17,22)(H,19,21)/t9-/m1/s1. The number of amides is 2. The van der Waals surface area contributed by atoms with Gasteiger partial charge in [-0.05, 0) is 30.7 Å². The minimum absolute atomic E-state index is 0.155. The van der Waals surface area contributed by atoms with Gasteiger partial charge in [0.15, 0.2) is 5.16 Å². The van der Waals surface area contributed by atoms with Gasteiger partial charge in [-0.3, -0.25) is 9.59 Å². The second kappa shape index (κ2) is 6.98. The van der Waals surface area contributed by atoms with E-state index in [-0.39, 0.29) is 11.7 Å². The molecular formula is C16H20N4O2S2. The summed E-state index contributed by atoms with van der Waals surface area (Å²) >= 11 is 2.84. The van der Waals surface area contributed by atoms with E-state index in [1.807, 2.05) is 17.8 Å². The van der Waals surface area contributed by atoms with Gasteiger partial charge in [0, 0.05) is 24.3 Å². The largest absolute Gasteiger partial charge is 0.365 e. The first-order valence-corrected chi connectivity index (χ1v) is 9.60. The summed E-state index contributed by atoms with van der Waals surface area (Å²) in [7, 11) is 1.88. The summed E-state index contributed by atoms with van der Waals surface area (Å²) in [6, 6.07) is 0. The van der Waals surface area contributed by atoms with Gasteiger partial charge in [0.1, 0.15) is 5.00 Å². The zero-order valence-corrected chi connectivity index (χ0v) is 15.3. The van der Waals surface area contributed by atoms with Gasteiger partial charge in [-0.2, -0.15) is 0 Å². The van der Waals surface area contributed by atoms with Gasteiger partial charge in [-0.1, -0.05) is 18.7 Å². The number of imidazole rings is 1. The number of hydrogen-bond acceptors (Lipinski definition) is 5. The average molecular weight is 364 g/mol. The fourth-order valence-corrected chi connectivity index (χ4v) is 5.05. The summed E-state index contributed by atoms with van der Waals surface area (Å²) in [4.78, 5) is 29.5. The summed E-state index contributed by atoms with van der Waals surface area (Å²) in [5, 5.41) is 4.23. The normalized spacial score (nSPS) is 16.7. The van der Waals surface area contributed by atoms with E-state index in [1.54, 1.807) is 6.20 Å². The molecule has 1 aliphatic rings. The van der Waals surface area contributed by atoms with Crippen LogP contribution in [-0.2, 0) is 24.7 Å². The zero-order valence-electron chi connectivity index (χ0n) is 13.7. The fraction of sp³-hybridized carbons (Fsp3) is 0.438. The maximum absolute atomic E-state index is 12.3. The number of aromatic nitrogens is 2. The minimum atomic E-state index is -0.464. The molecule has 2 aromatic rings. The van der Waals surface area contributed by atoms with Crippen LogP contribution < -0.4 is 11.1 Å². The molecule has 0 spiro atoms. The van der Waals surface area contributed by atoms with Crippen LogP contribution in [0.3, 0.4) is 0 Å². The molecule has 0 unspecified atom stereocenters. The van der Waals surface area contributed by atoms with Gasteiger partial charge >= 0.3 is 0 Å². The Morgan fingerprint density at radius 3 is 3.00 bits per heavy atom. The Morgan fingerprint density at radius 2 is 2.33 bits per heavy atom. The highest BCUT2D eigenvalue weighted by molar-refractivity contribution is 7.99. The predicted molar refractivity (Wildman–Crippen MR) is 96.6 cm³/mol. The summed E-state index contributed by atoms with van der Waals surface area (Å²) in [5.41, 5.74) is 7.09. The van der Waals surface area contributed by atoms with E-state index in [9.17, 15) is 9.59 Å². The maximum atomic E-state index is 12.3. The summed E-state index contributed by atoms with van der Waals surface area (Å²) in [6.07, 6.45) is 6.37. The molecule has 2 heterocycles. The lowest BCUT2D eigenvalue weighted by atomic mass is 9.88. The average Bonchev–Trinajstić information content (AvgIpc) is 3.07. The van der Waals surface area contributed by atoms with Crippen LogP contribution in [0.2, 0.25) is 0 Å². The quantitative estimate of drug-likeness (QED) is 0.798. The second-order valence-electron chi connectivity index (χ2n) is 6.08. The molecule has 6 nitrogen and oxygen atoms in total. The Hall–Kier alpha value is -1.80. The van der Waals surface area contributed by atoms with Crippen LogP contribution in [-0.4, -0.2) is 27.1 Å². The lowest BCUT2D eigenvalue weighted by Crippen LogP contribution is -2.20. The number of fused-ring (bicyclic) bond motifs is 1. The van der Waals surface area contributed by atoms with E-state index in [0.29, 0.717) is 16.5 Å². The van der Waals surface area contributed by atoms with Crippen LogP contribution in [0.25, 0.3) is 0 Å². The van der Waals surface area contributed by atoms with Gasteiger partial charge in [0.2, 0.25) is 5.91 Å². The van der Waals surface area contributed by atoms with E-state index in [4.69, 9.17) is 5.73 Å². The molecule has 1 atom stereocenters. The molecule has 0 saturated carbocycles. The fourth-order valence-electron chi connectivity index (χ4n) is 2.88. The van der Waals surface area contributed by atoms with Crippen molar-refractivity contribution >= 4 is 39.9 Å². The molecular weight excluding hydrogens is 344 g/mol. The molecule has 3 N–H and O–H groups in total. The SMILES string of the molecule is C[C@@H]1CCc2c(sc(NC(=O)CSc3nccn3C)c2C(N)=O)C1. The number of carbonyl (C=O) groups is 2. The zero-order chi connectivity index (χ0) is 17.3. The van der Waals surface area contributed by atoms with Crippen molar-refractivity contribution in [2.75, 3.05) is 11.1 Å². The molecule has 0 bridgehead atoms. The molecule has 24 heavy (non-hydrogen) atoms. The van der Waals surface area contributed by atoms with Gasteiger partial charge in [0.25, 0.3) is 5.91 Å².